The molecule has 0 bridgehead atoms. The molecule has 0 aliphatic heterocycles. The average Bonchev–Trinajstić information content (AvgIpc) is 2.83. The molecular formula is C27H23FO5. The van der Waals surface area contributed by atoms with Crippen molar-refractivity contribution in [1.29, 1.82) is 0 Å². The van der Waals surface area contributed by atoms with Crippen LogP contribution in [-0.2, 0) is 6.61 Å². The van der Waals surface area contributed by atoms with Gasteiger partial charge in [-0.3, -0.25) is 0 Å². The third-order valence-corrected chi connectivity index (χ3v) is 5.26. The number of hydrogen-bond donors (Lipinski definition) is 2. The molecule has 0 radical (unpaired) electrons. The van der Waals surface area contributed by atoms with Crippen LogP contribution in [0, 0.1) is 5.82 Å². The average molecular weight is 446 g/mol. The normalized spacial score (nSPS) is 10.6. The fourth-order valence-corrected chi connectivity index (χ4v) is 3.67. The SMILES string of the molecule is COc1cc(-c2cccc(F)c2)c(OC)c(O)c1-c1ccc(OCc2ccccc2)c(O)c1. The maximum Gasteiger partial charge on any atom is 0.170 e. The van der Waals surface area contributed by atoms with Gasteiger partial charge in [0.1, 0.15) is 18.2 Å². The van der Waals surface area contributed by atoms with Crippen LogP contribution in [0.15, 0.2) is 78.9 Å². The summed E-state index contributed by atoms with van der Waals surface area (Å²) < 4.78 is 30.5. The summed E-state index contributed by atoms with van der Waals surface area (Å²) in [4.78, 5) is 0. The number of rotatable bonds is 7. The van der Waals surface area contributed by atoms with Crippen LogP contribution in [0.5, 0.6) is 28.7 Å². The first-order valence-corrected chi connectivity index (χ1v) is 10.3. The van der Waals surface area contributed by atoms with Crippen molar-refractivity contribution in [2.75, 3.05) is 14.2 Å². The van der Waals surface area contributed by atoms with E-state index < -0.39 is 5.82 Å². The highest BCUT2D eigenvalue weighted by atomic mass is 19.1. The molecule has 0 aliphatic carbocycles. The van der Waals surface area contributed by atoms with Crippen molar-refractivity contribution in [2.45, 2.75) is 6.61 Å². The summed E-state index contributed by atoms with van der Waals surface area (Å²) in [5.74, 6) is 0.134. The number of ether oxygens (including phenoxy) is 3. The molecule has 0 saturated carbocycles. The van der Waals surface area contributed by atoms with Gasteiger partial charge in [0.05, 0.1) is 19.8 Å². The monoisotopic (exact) mass is 446 g/mol. The van der Waals surface area contributed by atoms with Crippen molar-refractivity contribution in [2.24, 2.45) is 0 Å². The van der Waals surface area contributed by atoms with Crippen LogP contribution in [0.1, 0.15) is 5.56 Å². The molecule has 6 heteroatoms. The quantitative estimate of drug-likeness (QED) is 0.355. The Hall–Kier alpha value is -4.19. The van der Waals surface area contributed by atoms with Crippen LogP contribution < -0.4 is 14.2 Å². The van der Waals surface area contributed by atoms with Gasteiger partial charge in [0.15, 0.2) is 23.0 Å². The molecule has 168 valence electrons. The first-order chi connectivity index (χ1) is 16.0. The number of halogens is 1. The van der Waals surface area contributed by atoms with E-state index in [2.05, 4.69) is 0 Å². The first-order valence-electron chi connectivity index (χ1n) is 10.3. The molecule has 4 aromatic rings. The Bertz CT molecular complexity index is 1270. The first kappa shape index (κ1) is 22.0. The van der Waals surface area contributed by atoms with E-state index >= 15 is 0 Å². The van der Waals surface area contributed by atoms with Crippen LogP contribution in [0.2, 0.25) is 0 Å². The van der Waals surface area contributed by atoms with Crippen molar-refractivity contribution < 1.29 is 28.8 Å². The minimum Gasteiger partial charge on any atom is -0.504 e. The third-order valence-electron chi connectivity index (χ3n) is 5.26. The van der Waals surface area contributed by atoms with E-state index in [1.807, 2.05) is 30.3 Å². The number of aromatic hydroxyl groups is 2. The fraction of sp³-hybridized carbons (Fsp3) is 0.111. The topological polar surface area (TPSA) is 68.2 Å². The van der Waals surface area contributed by atoms with Crippen molar-refractivity contribution in [3.05, 3.63) is 90.2 Å². The van der Waals surface area contributed by atoms with E-state index in [1.54, 1.807) is 30.3 Å². The summed E-state index contributed by atoms with van der Waals surface area (Å²) >= 11 is 0. The molecule has 0 atom stereocenters. The molecule has 5 nitrogen and oxygen atoms in total. The van der Waals surface area contributed by atoms with Gasteiger partial charge in [0.2, 0.25) is 0 Å². The number of hydrogen-bond acceptors (Lipinski definition) is 5. The molecule has 2 N–H and O–H groups in total. The Morgan fingerprint density at radius 2 is 1.55 bits per heavy atom. The summed E-state index contributed by atoms with van der Waals surface area (Å²) in [6.45, 7) is 0.304. The lowest BCUT2D eigenvalue weighted by Gasteiger charge is -2.18. The molecule has 4 aromatic carbocycles. The Kier molecular flexibility index (Phi) is 6.36. The number of phenolic OH excluding ortho intramolecular Hbond substituents is 2. The fourth-order valence-electron chi connectivity index (χ4n) is 3.67. The second kappa shape index (κ2) is 9.53. The smallest absolute Gasteiger partial charge is 0.170 e. The summed E-state index contributed by atoms with van der Waals surface area (Å²) in [5.41, 5.74) is 2.80. The molecule has 0 fully saturated rings. The maximum absolute atomic E-state index is 13.8. The van der Waals surface area contributed by atoms with Crippen LogP contribution >= 0.6 is 0 Å². The van der Waals surface area contributed by atoms with Gasteiger partial charge in [-0.25, -0.2) is 4.39 Å². The molecule has 0 aromatic heterocycles. The summed E-state index contributed by atoms with van der Waals surface area (Å²) in [5, 5.41) is 21.6. The van der Waals surface area contributed by atoms with E-state index in [1.165, 1.54) is 32.4 Å². The van der Waals surface area contributed by atoms with Gasteiger partial charge >= 0.3 is 0 Å². The molecule has 0 heterocycles. The van der Waals surface area contributed by atoms with Crippen molar-refractivity contribution in [1.82, 2.24) is 0 Å². The van der Waals surface area contributed by atoms with Gasteiger partial charge in [-0.1, -0.05) is 48.5 Å². The van der Waals surface area contributed by atoms with Gasteiger partial charge < -0.3 is 24.4 Å². The van der Waals surface area contributed by atoms with Crippen molar-refractivity contribution in [3.8, 4) is 51.0 Å². The van der Waals surface area contributed by atoms with Crippen LogP contribution in [0.3, 0.4) is 0 Å². The van der Waals surface area contributed by atoms with Crippen LogP contribution in [0.25, 0.3) is 22.3 Å². The Morgan fingerprint density at radius 1 is 0.758 bits per heavy atom. The highest BCUT2D eigenvalue weighted by molar-refractivity contribution is 5.88. The van der Waals surface area contributed by atoms with Gasteiger partial charge in [0, 0.05) is 5.56 Å². The van der Waals surface area contributed by atoms with Gasteiger partial charge in [0.25, 0.3) is 0 Å². The lowest BCUT2D eigenvalue weighted by atomic mass is 9.96. The zero-order chi connectivity index (χ0) is 23.4. The Balaban J connectivity index is 1.73. The predicted octanol–water partition coefficient (Wildman–Crippen LogP) is 6.17. The highest BCUT2D eigenvalue weighted by Crippen LogP contribution is 2.50. The summed E-state index contributed by atoms with van der Waals surface area (Å²) in [7, 11) is 2.89. The van der Waals surface area contributed by atoms with Crippen molar-refractivity contribution in [3.63, 3.8) is 0 Å². The van der Waals surface area contributed by atoms with E-state index in [0.29, 0.717) is 40.4 Å². The van der Waals surface area contributed by atoms with E-state index in [-0.39, 0.29) is 17.2 Å². The van der Waals surface area contributed by atoms with Gasteiger partial charge in [-0.15, -0.1) is 0 Å². The van der Waals surface area contributed by atoms with Gasteiger partial charge in [-0.05, 0) is 47.0 Å². The number of methoxy groups -OCH3 is 2. The van der Waals surface area contributed by atoms with E-state index in [9.17, 15) is 14.6 Å². The molecule has 4 rings (SSSR count). The second-order valence-electron chi connectivity index (χ2n) is 7.35. The molecule has 0 aliphatic rings. The predicted molar refractivity (Wildman–Crippen MR) is 124 cm³/mol. The number of phenols is 2. The molecule has 33 heavy (non-hydrogen) atoms. The summed E-state index contributed by atoms with van der Waals surface area (Å²) in [6.07, 6.45) is 0. The minimum atomic E-state index is -0.409. The number of benzene rings is 4. The minimum absolute atomic E-state index is 0.0851. The molecule has 0 spiro atoms. The molecule has 0 unspecified atom stereocenters. The lowest BCUT2D eigenvalue weighted by Crippen LogP contribution is -1.97. The molecule has 0 saturated heterocycles. The largest absolute Gasteiger partial charge is 0.504 e. The zero-order valence-corrected chi connectivity index (χ0v) is 18.2. The van der Waals surface area contributed by atoms with Crippen molar-refractivity contribution >= 4 is 0 Å². The van der Waals surface area contributed by atoms with Crippen LogP contribution in [-0.4, -0.2) is 24.4 Å². The molecular weight excluding hydrogens is 423 g/mol. The van der Waals surface area contributed by atoms with Gasteiger partial charge in [-0.2, -0.15) is 0 Å². The second-order valence-corrected chi connectivity index (χ2v) is 7.35. The summed E-state index contributed by atoms with van der Waals surface area (Å²) in [6, 6.07) is 22.1. The zero-order valence-electron chi connectivity index (χ0n) is 18.2. The third kappa shape index (κ3) is 4.55. The lowest BCUT2D eigenvalue weighted by molar-refractivity contribution is 0.289. The standard InChI is InChI=1S/C27H23FO5/c1-31-24-15-21(18-9-6-10-20(28)13-18)27(32-2)26(30)25(24)19-11-12-23(22(29)14-19)33-16-17-7-4-3-5-8-17/h3-15,29-30H,16H2,1-2H3. The Labute approximate surface area is 191 Å². The molecule has 0 amide bonds. The van der Waals surface area contributed by atoms with E-state index in [4.69, 9.17) is 14.2 Å². The van der Waals surface area contributed by atoms with E-state index in [0.717, 1.165) is 5.56 Å². The van der Waals surface area contributed by atoms with Crippen LogP contribution in [0.4, 0.5) is 4.39 Å². The Morgan fingerprint density at radius 3 is 2.21 bits per heavy atom. The highest BCUT2D eigenvalue weighted by Gasteiger charge is 2.22. The maximum atomic E-state index is 13.8.